The van der Waals surface area contributed by atoms with E-state index < -0.39 is 5.60 Å². The first-order valence-electron chi connectivity index (χ1n) is 9.83. The summed E-state index contributed by atoms with van der Waals surface area (Å²) in [4.78, 5) is 36.9. The first-order chi connectivity index (χ1) is 14.0. The topological polar surface area (TPSA) is 83.9 Å². The fraction of sp³-hybridized carbons (Fsp3) is 0.364. The minimum atomic E-state index is -0.609. The minimum Gasteiger partial charge on any atom is -0.386 e. The van der Waals surface area contributed by atoms with Crippen LogP contribution in [0.15, 0.2) is 53.9 Å². The van der Waals surface area contributed by atoms with Crippen LogP contribution in [0.25, 0.3) is 0 Å². The van der Waals surface area contributed by atoms with Crippen LogP contribution >= 0.6 is 0 Å². The molecule has 2 aromatic rings. The second-order valence-corrected chi connectivity index (χ2v) is 7.72. The van der Waals surface area contributed by atoms with E-state index >= 15 is 0 Å². The Morgan fingerprint density at radius 3 is 2.69 bits per heavy atom. The number of nitrogens with zero attached hydrogens (tertiary/aromatic N) is 3. The van der Waals surface area contributed by atoms with Crippen LogP contribution in [0.2, 0.25) is 0 Å². The van der Waals surface area contributed by atoms with Crippen molar-refractivity contribution in [1.82, 2.24) is 15.2 Å². The summed E-state index contributed by atoms with van der Waals surface area (Å²) in [5.74, 6) is -0.246. The number of piperidine rings is 1. The number of benzene rings is 1. The molecule has 4 rings (SSSR count). The molecule has 7 heteroatoms. The van der Waals surface area contributed by atoms with Gasteiger partial charge in [0.25, 0.3) is 11.8 Å². The lowest BCUT2D eigenvalue weighted by Crippen LogP contribution is -2.51. The highest BCUT2D eigenvalue weighted by molar-refractivity contribution is 6.39. The lowest BCUT2D eigenvalue weighted by atomic mass is 9.87. The highest BCUT2D eigenvalue weighted by Crippen LogP contribution is 2.34. The maximum atomic E-state index is 12.9. The van der Waals surface area contributed by atoms with E-state index in [1.165, 1.54) is 0 Å². The predicted octanol–water partition coefficient (Wildman–Crippen LogP) is 2.46. The van der Waals surface area contributed by atoms with Gasteiger partial charge in [0, 0.05) is 37.5 Å². The molecule has 1 aromatic carbocycles. The Hall–Kier alpha value is -3.22. The van der Waals surface area contributed by atoms with Gasteiger partial charge in [-0.25, -0.2) is 0 Å². The van der Waals surface area contributed by atoms with Gasteiger partial charge in [-0.1, -0.05) is 22.9 Å². The van der Waals surface area contributed by atoms with Crippen molar-refractivity contribution in [3.63, 3.8) is 0 Å². The van der Waals surface area contributed by atoms with Crippen LogP contribution in [0, 0.1) is 6.92 Å². The number of nitrogens with one attached hydrogen (secondary N) is 1. The average Bonchev–Trinajstić information content (AvgIpc) is 3.16. The molecular weight excluding hydrogens is 368 g/mol. The SMILES string of the molecule is Cc1ccc(C(=O)N2CCCC3(CC(C(=O)NCc4ccncc4)=NO3)C2)cc1. The van der Waals surface area contributed by atoms with Gasteiger partial charge < -0.3 is 15.1 Å². The van der Waals surface area contributed by atoms with Crippen molar-refractivity contribution >= 4 is 17.5 Å². The zero-order valence-electron chi connectivity index (χ0n) is 16.4. The summed E-state index contributed by atoms with van der Waals surface area (Å²) in [5, 5.41) is 6.93. The van der Waals surface area contributed by atoms with Crippen molar-refractivity contribution in [2.24, 2.45) is 5.16 Å². The van der Waals surface area contributed by atoms with Crippen LogP contribution in [-0.4, -0.2) is 46.1 Å². The third kappa shape index (κ3) is 4.29. The second-order valence-electron chi connectivity index (χ2n) is 7.72. The Morgan fingerprint density at radius 1 is 1.17 bits per heavy atom. The average molecular weight is 392 g/mol. The van der Waals surface area contributed by atoms with E-state index in [0.29, 0.717) is 37.3 Å². The van der Waals surface area contributed by atoms with Gasteiger partial charge >= 0.3 is 0 Å². The highest BCUT2D eigenvalue weighted by atomic mass is 16.7. The van der Waals surface area contributed by atoms with Crippen LogP contribution in [0.4, 0.5) is 0 Å². The van der Waals surface area contributed by atoms with Gasteiger partial charge in [0.1, 0.15) is 5.71 Å². The Morgan fingerprint density at radius 2 is 1.93 bits per heavy atom. The van der Waals surface area contributed by atoms with Gasteiger partial charge in [0.2, 0.25) is 0 Å². The Bertz CT molecular complexity index is 927. The molecule has 1 aromatic heterocycles. The van der Waals surface area contributed by atoms with Crippen molar-refractivity contribution in [2.45, 2.75) is 38.3 Å². The number of pyridine rings is 1. The van der Waals surface area contributed by atoms with Gasteiger partial charge in [-0.3, -0.25) is 14.6 Å². The summed E-state index contributed by atoms with van der Waals surface area (Å²) in [6.45, 7) is 3.52. The summed E-state index contributed by atoms with van der Waals surface area (Å²) in [7, 11) is 0. The monoisotopic (exact) mass is 392 g/mol. The van der Waals surface area contributed by atoms with Gasteiger partial charge in [-0.05, 0) is 49.6 Å². The Kier molecular flexibility index (Phi) is 5.29. The molecule has 2 aliphatic heterocycles. The number of hydrogen-bond acceptors (Lipinski definition) is 5. The molecule has 2 aliphatic rings. The molecule has 0 saturated carbocycles. The number of carbonyl (C=O) groups excluding carboxylic acids is 2. The molecule has 1 unspecified atom stereocenters. The largest absolute Gasteiger partial charge is 0.386 e. The van der Waals surface area contributed by atoms with E-state index in [4.69, 9.17) is 4.84 Å². The summed E-state index contributed by atoms with van der Waals surface area (Å²) in [6.07, 6.45) is 5.38. The van der Waals surface area contributed by atoms with E-state index in [9.17, 15) is 9.59 Å². The lowest BCUT2D eigenvalue weighted by molar-refractivity contribution is -0.115. The number of carbonyl (C=O) groups is 2. The number of rotatable bonds is 4. The van der Waals surface area contributed by atoms with E-state index in [2.05, 4.69) is 15.5 Å². The van der Waals surface area contributed by atoms with Gasteiger partial charge in [0.15, 0.2) is 5.60 Å². The fourth-order valence-corrected chi connectivity index (χ4v) is 3.80. The van der Waals surface area contributed by atoms with E-state index in [-0.39, 0.29) is 11.8 Å². The zero-order valence-corrected chi connectivity index (χ0v) is 16.4. The van der Waals surface area contributed by atoms with E-state index in [1.54, 1.807) is 12.4 Å². The van der Waals surface area contributed by atoms with Crippen LogP contribution in [0.3, 0.4) is 0 Å². The summed E-state index contributed by atoms with van der Waals surface area (Å²) < 4.78 is 0. The standard InChI is InChI=1S/C22H24N4O3/c1-16-3-5-18(6-4-16)21(28)26-12-2-9-22(15-26)13-19(25-29-22)20(27)24-14-17-7-10-23-11-8-17/h3-8,10-11H,2,9,12-15H2,1H3,(H,24,27). The Labute approximate surface area is 169 Å². The van der Waals surface area contributed by atoms with Gasteiger partial charge in [-0.2, -0.15) is 0 Å². The maximum absolute atomic E-state index is 12.9. The number of hydrogen-bond donors (Lipinski definition) is 1. The number of oxime groups is 1. The predicted molar refractivity (Wildman–Crippen MR) is 108 cm³/mol. The summed E-state index contributed by atoms with van der Waals surface area (Å²) in [5.41, 5.74) is 2.52. The molecule has 1 spiro atoms. The van der Waals surface area contributed by atoms with Crippen LogP contribution < -0.4 is 5.32 Å². The minimum absolute atomic E-state index is 0.0109. The quantitative estimate of drug-likeness (QED) is 0.866. The first-order valence-corrected chi connectivity index (χ1v) is 9.83. The number of aromatic nitrogens is 1. The highest BCUT2D eigenvalue weighted by Gasteiger charge is 2.45. The van der Waals surface area contributed by atoms with Gasteiger partial charge in [0.05, 0.1) is 6.54 Å². The van der Waals surface area contributed by atoms with E-state index in [0.717, 1.165) is 24.0 Å². The normalized spacial score (nSPS) is 20.9. The van der Waals surface area contributed by atoms with E-state index in [1.807, 2.05) is 48.2 Å². The van der Waals surface area contributed by atoms with Crippen molar-refractivity contribution in [2.75, 3.05) is 13.1 Å². The van der Waals surface area contributed by atoms with Crippen molar-refractivity contribution < 1.29 is 14.4 Å². The molecule has 29 heavy (non-hydrogen) atoms. The van der Waals surface area contributed by atoms with Crippen LogP contribution in [-0.2, 0) is 16.2 Å². The molecule has 0 radical (unpaired) electrons. The third-order valence-corrected chi connectivity index (χ3v) is 5.43. The van der Waals surface area contributed by atoms with Crippen molar-refractivity contribution in [1.29, 1.82) is 0 Å². The maximum Gasteiger partial charge on any atom is 0.269 e. The van der Waals surface area contributed by atoms with Gasteiger partial charge in [-0.15, -0.1) is 0 Å². The number of aryl methyl sites for hydroxylation is 1. The zero-order chi connectivity index (χ0) is 20.3. The molecular formula is C22H24N4O3. The molecule has 1 saturated heterocycles. The molecule has 0 bridgehead atoms. The number of likely N-dealkylation sites (tertiary alicyclic amines) is 1. The molecule has 1 N–H and O–H groups in total. The molecule has 150 valence electrons. The number of amides is 2. The third-order valence-electron chi connectivity index (χ3n) is 5.43. The fourth-order valence-electron chi connectivity index (χ4n) is 3.80. The van der Waals surface area contributed by atoms with Crippen molar-refractivity contribution in [3.8, 4) is 0 Å². The van der Waals surface area contributed by atoms with Crippen LogP contribution in [0.5, 0.6) is 0 Å². The Balaban J connectivity index is 1.36. The smallest absolute Gasteiger partial charge is 0.269 e. The molecule has 3 heterocycles. The molecule has 2 amide bonds. The molecule has 7 nitrogen and oxygen atoms in total. The molecule has 1 fully saturated rings. The lowest BCUT2D eigenvalue weighted by Gasteiger charge is -2.38. The molecule has 1 atom stereocenters. The summed E-state index contributed by atoms with van der Waals surface area (Å²) >= 11 is 0. The summed E-state index contributed by atoms with van der Waals surface area (Å²) in [6, 6.07) is 11.3. The van der Waals surface area contributed by atoms with Crippen LogP contribution in [0.1, 0.15) is 40.7 Å². The molecule has 0 aliphatic carbocycles. The second kappa shape index (κ2) is 8.03. The van der Waals surface area contributed by atoms with Crippen molar-refractivity contribution in [3.05, 3.63) is 65.5 Å². The first kappa shape index (κ1) is 19.1.